The van der Waals surface area contributed by atoms with Crippen molar-refractivity contribution < 1.29 is 9.84 Å². The first kappa shape index (κ1) is 11.9. The lowest BCUT2D eigenvalue weighted by molar-refractivity contribution is 0.602. The second-order valence-corrected chi connectivity index (χ2v) is 6.42. The second-order valence-electron chi connectivity index (χ2n) is 4.41. The van der Waals surface area contributed by atoms with Gasteiger partial charge in [-0.3, -0.25) is 0 Å². The Morgan fingerprint density at radius 3 is 2.47 bits per heavy atom. The van der Waals surface area contributed by atoms with Crippen molar-refractivity contribution >= 4 is 20.9 Å². The summed E-state index contributed by atoms with van der Waals surface area (Å²) in [4.78, 5) is 7.87. The van der Waals surface area contributed by atoms with Crippen LogP contribution in [0.1, 0.15) is 1.43 Å². The summed E-state index contributed by atoms with van der Waals surface area (Å²) in [5, 5.41) is 1.05. The fraction of sp³-hybridized carbons (Fsp3) is 0.0714. The molecule has 0 saturated heterocycles. The third-order valence-electron chi connectivity index (χ3n) is 2.99. The van der Waals surface area contributed by atoms with E-state index in [4.69, 9.17) is 0 Å². The Balaban J connectivity index is 0.00000147. The Labute approximate surface area is 112 Å². The van der Waals surface area contributed by atoms with Crippen LogP contribution in [0.25, 0.3) is 22.3 Å². The highest BCUT2D eigenvalue weighted by atomic mass is 32.2. The van der Waals surface area contributed by atoms with Crippen molar-refractivity contribution in [2.24, 2.45) is 0 Å². The molecule has 19 heavy (non-hydrogen) atoms. The number of pyridine rings is 1. The van der Waals surface area contributed by atoms with Crippen molar-refractivity contribution in [3.05, 3.63) is 48.7 Å². The van der Waals surface area contributed by atoms with Crippen LogP contribution in [0.5, 0.6) is 0 Å². The molecule has 0 saturated carbocycles. The zero-order chi connectivity index (χ0) is 13.5. The molecule has 0 radical (unpaired) electrons. The highest BCUT2D eigenvalue weighted by molar-refractivity contribution is 7.90. The molecule has 98 valence electrons. The van der Waals surface area contributed by atoms with Gasteiger partial charge < -0.3 is 4.98 Å². The number of hydrogen-bond acceptors (Lipinski definition) is 3. The van der Waals surface area contributed by atoms with Gasteiger partial charge in [-0.15, -0.1) is 0 Å². The van der Waals surface area contributed by atoms with Gasteiger partial charge in [0.05, 0.1) is 10.6 Å². The minimum Gasteiger partial charge on any atom is -0.346 e. The molecule has 0 aliphatic carbocycles. The van der Waals surface area contributed by atoms with Crippen LogP contribution >= 0.6 is 0 Å². The average Bonchev–Trinajstić information content (AvgIpc) is 2.85. The molecule has 2 aromatic heterocycles. The van der Waals surface area contributed by atoms with Gasteiger partial charge in [0.1, 0.15) is 5.65 Å². The molecule has 3 rings (SSSR count). The highest BCUT2D eigenvalue weighted by Crippen LogP contribution is 2.21. The maximum atomic E-state index is 11.4. The van der Waals surface area contributed by atoms with Gasteiger partial charge in [-0.1, -0.05) is 12.1 Å². The summed E-state index contributed by atoms with van der Waals surface area (Å²) >= 11 is 0. The van der Waals surface area contributed by atoms with Gasteiger partial charge in [-0.2, -0.15) is 0 Å². The molecule has 0 unspecified atom stereocenters. The average molecular weight is 274 g/mol. The lowest BCUT2D eigenvalue weighted by Crippen LogP contribution is -1.96. The number of H-pyrrole nitrogens is 1. The normalized spacial score (nSPS) is 11.8. The highest BCUT2D eigenvalue weighted by Gasteiger charge is 2.07. The molecule has 2 heterocycles. The summed E-state index contributed by atoms with van der Waals surface area (Å²) in [7, 11) is -3.15. The van der Waals surface area contributed by atoms with E-state index < -0.39 is 9.84 Å². The van der Waals surface area contributed by atoms with E-state index >= 15 is 0 Å². The fourth-order valence-electron chi connectivity index (χ4n) is 1.96. The van der Waals surface area contributed by atoms with Crippen LogP contribution in [-0.2, 0) is 9.84 Å². The monoisotopic (exact) mass is 274 g/mol. The molecule has 0 aliphatic rings. The molecular formula is C14H14N2O2S. The van der Waals surface area contributed by atoms with Crippen molar-refractivity contribution in [2.75, 3.05) is 6.26 Å². The molecule has 3 aromatic rings. The predicted octanol–water partition coefficient (Wildman–Crippen LogP) is 2.88. The number of aromatic nitrogens is 2. The van der Waals surface area contributed by atoms with Crippen LogP contribution in [0.15, 0.2) is 53.6 Å². The Bertz CT molecular complexity index is 839. The minimum atomic E-state index is -3.15. The van der Waals surface area contributed by atoms with E-state index in [-0.39, 0.29) is 1.43 Å². The number of hydrogen-bond donors (Lipinski definition) is 1. The number of sulfone groups is 1. The van der Waals surface area contributed by atoms with Crippen molar-refractivity contribution in [3.63, 3.8) is 0 Å². The topological polar surface area (TPSA) is 62.8 Å². The largest absolute Gasteiger partial charge is 0.346 e. The van der Waals surface area contributed by atoms with Gasteiger partial charge in [0, 0.05) is 24.8 Å². The van der Waals surface area contributed by atoms with E-state index in [0.29, 0.717) is 4.90 Å². The van der Waals surface area contributed by atoms with Gasteiger partial charge in [-0.25, -0.2) is 13.4 Å². The Morgan fingerprint density at radius 2 is 1.79 bits per heavy atom. The SMILES string of the molecule is CS(=O)(=O)c1ccc(-c2ccc3cc[nH]c3n2)cc1.[HH]. The van der Waals surface area contributed by atoms with E-state index in [9.17, 15) is 8.42 Å². The first-order valence-corrected chi connectivity index (χ1v) is 7.68. The molecule has 0 spiro atoms. The Hall–Kier alpha value is -2.14. The van der Waals surface area contributed by atoms with E-state index in [1.54, 1.807) is 24.3 Å². The third-order valence-corrected chi connectivity index (χ3v) is 4.12. The molecular weight excluding hydrogens is 260 g/mol. The Morgan fingerprint density at radius 1 is 1.05 bits per heavy atom. The van der Waals surface area contributed by atoms with E-state index in [1.165, 1.54) is 6.26 Å². The summed E-state index contributed by atoms with van der Waals surface area (Å²) in [5.74, 6) is 0. The predicted molar refractivity (Wildman–Crippen MR) is 76.8 cm³/mol. The summed E-state index contributed by atoms with van der Waals surface area (Å²) in [6.45, 7) is 0. The molecule has 5 heteroatoms. The smallest absolute Gasteiger partial charge is 0.175 e. The van der Waals surface area contributed by atoms with Gasteiger partial charge in [0.15, 0.2) is 9.84 Å². The fourth-order valence-corrected chi connectivity index (χ4v) is 2.59. The zero-order valence-electron chi connectivity index (χ0n) is 10.3. The van der Waals surface area contributed by atoms with Gasteiger partial charge >= 0.3 is 0 Å². The number of aromatic amines is 1. The van der Waals surface area contributed by atoms with Gasteiger partial charge in [0.2, 0.25) is 0 Å². The number of fused-ring (bicyclic) bond motifs is 1. The van der Waals surface area contributed by atoms with Crippen molar-refractivity contribution in [2.45, 2.75) is 4.90 Å². The number of nitrogens with one attached hydrogen (secondary N) is 1. The van der Waals surface area contributed by atoms with Crippen LogP contribution in [0, 0.1) is 0 Å². The third kappa shape index (κ3) is 2.24. The summed E-state index contributed by atoms with van der Waals surface area (Å²) < 4.78 is 22.8. The van der Waals surface area contributed by atoms with Gasteiger partial charge in [-0.05, 0) is 30.3 Å². The van der Waals surface area contributed by atoms with Crippen LogP contribution in [0.3, 0.4) is 0 Å². The molecule has 0 amide bonds. The van der Waals surface area contributed by atoms with E-state index in [0.717, 1.165) is 22.3 Å². The number of benzene rings is 1. The van der Waals surface area contributed by atoms with Gasteiger partial charge in [0.25, 0.3) is 0 Å². The molecule has 4 nitrogen and oxygen atoms in total. The summed E-state index contributed by atoms with van der Waals surface area (Å²) in [6, 6.07) is 12.6. The van der Waals surface area contributed by atoms with E-state index in [2.05, 4.69) is 9.97 Å². The van der Waals surface area contributed by atoms with E-state index in [1.807, 2.05) is 24.4 Å². The van der Waals surface area contributed by atoms with Crippen LogP contribution in [0.4, 0.5) is 0 Å². The maximum Gasteiger partial charge on any atom is 0.175 e. The maximum absolute atomic E-state index is 11.4. The van der Waals surface area contributed by atoms with Crippen LogP contribution in [-0.4, -0.2) is 24.6 Å². The lowest BCUT2D eigenvalue weighted by Gasteiger charge is -2.03. The number of rotatable bonds is 2. The standard InChI is InChI=1S/C14H12N2O2S.H2/c1-19(17,18)12-5-2-10(3-6-12)13-7-4-11-8-9-15-14(11)16-13;/h2-9H,1H3,(H,15,16);1H. The molecule has 0 bridgehead atoms. The van der Waals surface area contributed by atoms with Crippen LogP contribution in [0.2, 0.25) is 0 Å². The lowest BCUT2D eigenvalue weighted by atomic mass is 10.1. The first-order chi connectivity index (χ1) is 9.04. The van der Waals surface area contributed by atoms with Crippen molar-refractivity contribution in [3.8, 4) is 11.3 Å². The van der Waals surface area contributed by atoms with Crippen LogP contribution < -0.4 is 0 Å². The molecule has 0 fully saturated rings. The summed E-state index contributed by atoms with van der Waals surface area (Å²) in [6.07, 6.45) is 3.04. The Kier molecular flexibility index (Phi) is 2.64. The van der Waals surface area contributed by atoms with Crippen molar-refractivity contribution in [1.82, 2.24) is 9.97 Å². The molecule has 0 atom stereocenters. The second kappa shape index (κ2) is 4.20. The minimum absolute atomic E-state index is 0. The van der Waals surface area contributed by atoms with Crippen molar-refractivity contribution in [1.29, 1.82) is 0 Å². The molecule has 1 aromatic carbocycles. The quantitative estimate of drug-likeness (QED) is 0.781. The molecule has 1 N–H and O–H groups in total. The first-order valence-electron chi connectivity index (χ1n) is 5.79. The molecule has 0 aliphatic heterocycles. The number of nitrogens with zero attached hydrogens (tertiary/aromatic N) is 1. The zero-order valence-corrected chi connectivity index (χ0v) is 11.1. The summed E-state index contributed by atoms with van der Waals surface area (Å²) in [5.41, 5.74) is 2.53.